The van der Waals surface area contributed by atoms with E-state index in [0.717, 1.165) is 43.4 Å². The lowest BCUT2D eigenvalue weighted by Crippen LogP contribution is -2.46. The Labute approximate surface area is 189 Å². The fourth-order valence-electron chi connectivity index (χ4n) is 3.24. The van der Waals surface area contributed by atoms with Crippen LogP contribution in [0.5, 0.6) is 0 Å². The molecule has 0 unspecified atom stereocenters. The quantitative estimate of drug-likeness (QED) is 0.679. The van der Waals surface area contributed by atoms with Crippen molar-refractivity contribution >= 4 is 46.2 Å². The van der Waals surface area contributed by atoms with Crippen LogP contribution in [0.2, 0.25) is 5.02 Å². The summed E-state index contributed by atoms with van der Waals surface area (Å²) in [5.41, 5.74) is 2.74. The zero-order chi connectivity index (χ0) is 21.7. The number of halogens is 1. The molecule has 0 aliphatic carbocycles. The minimum Gasteiger partial charge on any atom is -0.369 e. The van der Waals surface area contributed by atoms with Gasteiger partial charge in [0.2, 0.25) is 5.91 Å². The first kappa shape index (κ1) is 22.5. The van der Waals surface area contributed by atoms with Gasteiger partial charge in [0, 0.05) is 54.5 Å². The minimum atomic E-state index is -0.483. The molecule has 0 bridgehead atoms. The maximum absolute atomic E-state index is 12.0. The van der Waals surface area contributed by atoms with Crippen LogP contribution in [0, 0.1) is 5.41 Å². The summed E-state index contributed by atoms with van der Waals surface area (Å²) in [6.45, 7) is 10.4. The van der Waals surface area contributed by atoms with Gasteiger partial charge >= 0.3 is 0 Å². The zero-order valence-electron chi connectivity index (χ0n) is 17.7. The fourth-order valence-corrected chi connectivity index (χ4v) is 3.65. The highest BCUT2D eigenvalue weighted by atomic mass is 35.5. The number of piperazine rings is 1. The number of nitrogens with zero attached hydrogens (tertiary/aromatic N) is 2. The molecule has 5 nitrogen and oxygen atoms in total. The predicted octanol–water partition coefficient (Wildman–Crippen LogP) is 4.52. The van der Waals surface area contributed by atoms with Gasteiger partial charge in [0.25, 0.3) is 0 Å². The van der Waals surface area contributed by atoms with Crippen molar-refractivity contribution in [3.8, 4) is 0 Å². The maximum Gasteiger partial charge on any atom is 0.231 e. The van der Waals surface area contributed by atoms with Gasteiger partial charge in [-0.15, -0.1) is 0 Å². The molecule has 0 saturated carbocycles. The molecule has 160 valence electrons. The van der Waals surface area contributed by atoms with E-state index in [2.05, 4.69) is 38.6 Å². The van der Waals surface area contributed by atoms with E-state index in [4.69, 9.17) is 23.8 Å². The van der Waals surface area contributed by atoms with Crippen LogP contribution in [0.4, 0.5) is 11.4 Å². The van der Waals surface area contributed by atoms with E-state index in [1.165, 1.54) is 11.3 Å². The molecule has 3 rings (SSSR count). The third kappa shape index (κ3) is 6.17. The van der Waals surface area contributed by atoms with Gasteiger partial charge in [-0.1, -0.05) is 50.6 Å². The first-order valence-corrected chi connectivity index (χ1v) is 10.9. The van der Waals surface area contributed by atoms with Crippen LogP contribution in [0.25, 0.3) is 0 Å². The number of rotatable bonds is 4. The summed E-state index contributed by atoms with van der Waals surface area (Å²) >= 11 is 11.5. The number of hydrogen-bond donors (Lipinski definition) is 2. The Kier molecular flexibility index (Phi) is 7.34. The van der Waals surface area contributed by atoms with Gasteiger partial charge in [-0.3, -0.25) is 9.69 Å². The first-order valence-electron chi connectivity index (χ1n) is 10.2. The molecule has 1 fully saturated rings. The largest absolute Gasteiger partial charge is 0.369 e. The lowest BCUT2D eigenvalue weighted by atomic mass is 9.96. The number of nitrogens with one attached hydrogen (secondary N) is 2. The highest BCUT2D eigenvalue weighted by molar-refractivity contribution is 7.80. The molecule has 0 spiro atoms. The Bertz CT molecular complexity index is 887. The van der Waals surface area contributed by atoms with E-state index >= 15 is 0 Å². The third-order valence-electron chi connectivity index (χ3n) is 5.12. The first-order chi connectivity index (χ1) is 14.2. The number of thiocarbonyl (C=S) groups is 1. The van der Waals surface area contributed by atoms with Crippen LogP contribution in [0.1, 0.15) is 26.3 Å². The summed E-state index contributed by atoms with van der Waals surface area (Å²) in [7, 11) is 0. The van der Waals surface area contributed by atoms with Gasteiger partial charge in [0.15, 0.2) is 5.11 Å². The summed E-state index contributed by atoms with van der Waals surface area (Å²) in [5.74, 6) is -0.105. The highest BCUT2D eigenvalue weighted by Gasteiger charge is 2.22. The second-order valence-electron chi connectivity index (χ2n) is 8.56. The van der Waals surface area contributed by atoms with Gasteiger partial charge in [-0.05, 0) is 48.1 Å². The average molecular weight is 445 g/mol. The van der Waals surface area contributed by atoms with Gasteiger partial charge in [-0.25, -0.2) is 0 Å². The van der Waals surface area contributed by atoms with Crippen molar-refractivity contribution in [3.05, 3.63) is 59.1 Å². The molecule has 0 radical (unpaired) electrons. The van der Waals surface area contributed by atoms with Crippen molar-refractivity contribution in [3.63, 3.8) is 0 Å². The number of anilines is 2. The van der Waals surface area contributed by atoms with E-state index in [1.54, 1.807) is 0 Å². The van der Waals surface area contributed by atoms with Crippen LogP contribution in [-0.2, 0) is 11.3 Å². The summed E-state index contributed by atoms with van der Waals surface area (Å²) in [5, 5.41) is 6.95. The van der Waals surface area contributed by atoms with Crippen molar-refractivity contribution in [2.24, 2.45) is 5.41 Å². The standard InChI is InChI=1S/C23H29ClN4OS/c1-23(2,3)21(29)26-22(30)25-18-8-10-19(11-9-18)28-14-12-27(13-15-28)16-17-6-4-5-7-20(17)24/h4-11H,12-16H2,1-3H3,(H2,25,26,29,30). The Morgan fingerprint density at radius 3 is 2.27 bits per heavy atom. The van der Waals surface area contributed by atoms with Crippen molar-refractivity contribution < 1.29 is 4.79 Å². The molecule has 2 aromatic rings. The van der Waals surface area contributed by atoms with Crippen LogP contribution < -0.4 is 15.5 Å². The number of carbonyl (C=O) groups is 1. The Hall–Kier alpha value is -2.15. The molecular formula is C23H29ClN4OS. The number of hydrogen-bond acceptors (Lipinski definition) is 4. The molecule has 1 aliphatic heterocycles. The number of benzene rings is 2. The smallest absolute Gasteiger partial charge is 0.231 e. The Morgan fingerprint density at radius 1 is 1.03 bits per heavy atom. The van der Waals surface area contributed by atoms with Crippen LogP contribution in [-0.4, -0.2) is 42.1 Å². The van der Waals surface area contributed by atoms with Crippen molar-refractivity contribution in [1.82, 2.24) is 10.2 Å². The lowest BCUT2D eigenvalue weighted by molar-refractivity contribution is -0.126. The van der Waals surface area contributed by atoms with Gasteiger partial charge < -0.3 is 15.5 Å². The Morgan fingerprint density at radius 2 is 1.67 bits per heavy atom. The van der Waals surface area contributed by atoms with Crippen LogP contribution in [0.3, 0.4) is 0 Å². The topological polar surface area (TPSA) is 47.6 Å². The molecule has 1 aliphatic rings. The summed E-state index contributed by atoms with van der Waals surface area (Å²) in [6, 6.07) is 16.2. The number of amides is 1. The molecule has 1 saturated heterocycles. The predicted molar refractivity (Wildman–Crippen MR) is 129 cm³/mol. The Balaban J connectivity index is 1.49. The second-order valence-corrected chi connectivity index (χ2v) is 9.38. The number of carbonyl (C=O) groups excluding carboxylic acids is 1. The van der Waals surface area contributed by atoms with Gasteiger partial charge in [0.05, 0.1) is 0 Å². The van der Waals surface area contributed by atoms with E-state index in [1.807, 2.05) is 51.1 Å². The van der Waals surface area contributed by atoms with Crippen LogP contribution >= 0.6 is 23.8 Å². The molecule has 0 atom stereocenters. The monoisotopic (exact) mass is 444 g/mol. The van der Waals surface area contributed by atoms with Gasteiger partial charge in [-0.2, -0.15) is 0 Å². The second kappa shape index (κ2) is 9.77. The van der Waals surface area contributed by atoms with E-state index in [-0.39, 0.29) is 5.91 Å². The molecule has 1 amide bonds. The molecule has 1 heterocycles. The highest BCUT2D eigenvalue weighted by Crippen LogP contribution is 2.22. The molecule has 2 aromatic carbocycles. The molecule has 7 heteroatoms. The summed E-state index contributed by atoms with van der Waals surface area (Å²) < 4.78 is 0. The van der Waals surface area contributed by atoms with Gasteiger partial charge in [0.1, 0.15) is 0 Å². The molecule has 2 N–H and O–H groups in total. The van der Waals surface area contributed by atoms with Crippen molar-refractivity contribution in [1.29, 1.82) is 0 Å². The molecule has 30 heavy (non-hydrogen) atoms. The maximum atomic E-state index is 12.0. The van der Waals surface area contributed by atoms with Crippen molar-refractivity contribution in [2.75, 3.05) is 36.4 Å². The SMILES string of the molecule is CC(C)(C)C(=O)NC(=S)Nc1ccc(N2CCN(Cc3ccccc3Cl)CC2)cc1. The van der Waals surface area contributed by atoms with Crippen molar-refractivity contribution in [2.45, 2.75) is 27.3 Å². The lowest BCUT2D eigenvalue weighted by Gasteiger charge is -2.36. The zero-order valence-corrected chi connectivity index (χ0v) is 19.3. The molecular weight excluding hydrogens is 416 g/mol. The van der Waals surface area contributed by atoms with E-state index in [0.29, 0.717) is 5.11 Å². The molecule has 0 aromatic heterocycles. The normalized spacial score (nSPS) is 15.0. The summed E-state index contributed by atoms with van der Waals surface area (Å²) in [4.78, 5) is 16.8. The minimum absolute atomic E-state index is 0.105. The van der Waals surface area contributed by atoms with E-state index in [9.17, 15) is 4.79 Å². The van der Waals surface area contributed by atoms with E-state index < -0.39 is 5.41 Å². The average Bonchev–Trinajstić information content (AvgIpc) is 2.70. The fraction of sp³-hybridized carbons (Fsp3) is 0.391. The third-order valence-corrected chi connectivity index (χ3v) is 5.70. The summed E-state index contributed by atoms with van der Waals surface area (Å²) in [6.07, 6.45) is 0. The van der Waals surface area contributed by atoms with Crippen LogP contribution in [0.15, 0.2) is 48.5 Å².